The molecule has 2 aromatic rings. The number of ether oxygens (including phenoxy) is 2. The van der Waals surface area contributed by atoms with E-state index in [1.807, 2.05) is 20.8 Å². The van der Waals surface area contributed by atoms with Crippen LogP contribution in [0.15, 0.2) is 41.5 Å². The smallest absolute Gasteiger partial charge is 0.262 e. The molecule has 10 heteroatoms. The third kappa shape index (κ3) is 9.59. The van der Waals surface area contributed by atoms with Gasteiger partial charge >= 0.3 is 0 Å². The number of nitrogens with zero attached hydrogens (tertiary/aromatic N) is 1. The largest absolute Gasteiger partial charge is 0.493 e. The number of hydrazone groups is 1. The number of amides is 2. The fourth-order valence-corrected chi connectivity index (χ4v) is 3.65. The van der Waals surface area contributed by atoms with E-state index in [-0.39, 0.29) is 10.9 Å². The lowest BCUT2D eigenvalue weighted by molar-refractivity contribution is -0.132. The van der Waals surface area contributed by atoms with E-state index in [0.717, 1.165) is 6.42 Å². The van der Waals surface area contributed by atoms with Crippen LogP contribution in [0.3, 0.4) is 0 Å². The molecule has 7 nitrogen and oxygen atoms in total. The zero-order valence-electron chi connectivity index (χ0n) is 20.1. The summed E-state index contributed by atoms with van der Waals surface area (Å²) in [6.07, 6.45) is 1.81. The summed E-state index contributed by atoms with van der Waals surface area (Å²) in [7, 11) is 0. The second-order valence-corrected chi connectivity index (χ2v) is 9.57. The summed E-state index contributed by atoms with van der Waals surface area (Å²) in [6, 6.07) is 9.05. The van der Waals surface area contributed by atoms with E-state index in [2.05, 4.69) is 15.8 Å². The van der Waals surface area contributed by atoms with E-state index >= 15 is 0 Å². The zero-order valence-corrected chi connectivity index (χ0v) is 22.4. The van der Waals surface area contributed by atoms with Gasteiger partial charge in [0.25, 0.3) is 11.8 Å². The normalized spacial score (nSPS) is 12.9. The molecule has 0 saturated carbocycles. The minimum Gasteiger partial charge on any atom is -0.493 e. The predicted molar refractivity (Wildman–Crippen MR) is 141 cm³/mol. The van der Waals surface area contributed by atoms with Gasteiger partial charge in [-0.25, -0.2) is 5.43 Å². The van der Waals surface area contributed by atoms with Gasteiger partial charge in [0.1, 0.15) is 17.5 Å². The van der Waals surface area contributed by atoms with Crippen molar-refractivity contribution in [3.8, 4) is 11.5 Å². The molecule has 0 heterocycles. The number of nitrogens with one attached hydrogen (secondary N) is 2. The van der Waals surface area contributed by atoms with Gasteiger partial charge in [-0.05, 0) is 62.1 Å². The fourth-order valence-electron chi connectivity index (χ4n) is 3.01. The van der Waals surface area contributed by atoms with Crippen LogP contribution in [0.4, 0.5) is 0 Å². The Morgan fingerprint density at radius 3 is 2.29 bits per heavy atom. The lowest BCUT2D eigenvalue weighted by Crippen LogP contribution is -2.49. The van der Waals surface area contributed by atoms with Crippen molar-refractivity contribution in [3.63, 3.8) is 0 Å². The highest BCUT2D eigenvalue weighted by molar-refractivity contribution is 6.35. The molecule has 0 aliphatic carbocycles. The molecule has 0 aliphatic heterocycles. The van der Waals surface area contributed by atoms with Crippen LogP contribution in [0.5, 0.6) is 11.5 Å². The van der Waals surface area contributed by atoms with Gasteiger partial charge in [0.15, 0.2) is 6.10 Å². The predicted octanol–water partition coefficient (Wildman–Crippen LogP) is 5.88. The minimum atomic E-state index is -0.899. The molecular weight excluding hydrogens is 513 g/mol. The maximum atomic E-state index is 12.8. The lowest BCUT2D eigenvalue weighted by Gasteiger charge is -2.22. The highest BCUT2D eigenvalue weighted by Crippen LogP contribution is 2.28. The molecule has 0 bridgehead atoms. The Morgan fingerprint density at radius 1 is 1.00 bits per heavy atom. The van der Waals surface area contributed by atoms with E-state index in [1.54, 1.807) is 37.3 Å². The first-order chi connectivity index (χ1) is 16.6. The number of carbonyl (C=O) groups excluding carboxylic acids is 2. The number of benzene rings is 2. The molecule has 0 radical (unpaired) electrons. The molecule has 190 valence electrons. The van der Waals surface area contributed by atoms with E-state index in [1.165, 1.54) is 12.3 Å². The topological polar surface area (TPSA) is 89.0 Å². The van der Waals surface area contributed by atoms with Gasteiger partial charge in [-0.1, -0.05) is 55.6 Å². The molecule has 2 rings (SSSR count). The van der Waals surface area contributed by atoms with Gasteiger partial charge in [-0.2, -0.15) is 5.10 Å². The molecule has 35 heavy (non-hydrogen) atoms. The molecule has 0 spiro atoms. The van der Waals surface area contributed by atoms with Crippen molar-refractivity contribution >= 4 is 52.8 Å². The number of carbonyl (C=O) groups is 2. The average Bonchev–Trinajstić information content (AvgIpc) is 2.79. The van der Waals surface area contributed by atoms with E-state index < -0.39 is 24.0 Å². The Hall–Kier alpha value is -2.48. The van der Waals surface area contributed by atoms with Crippen LogP contribution in [-0.2, 0) is 9.59 Å². The maximum Gasteiger partial charge on any atom is 0.262 e. The van der Waals surface area contributed by atoms with Crippen molar-refractivity contribution in [1.29, 1.82) is 0 Å². The molecule has 2 N–H and O–H groups in total. The van der Waals surface area contributed by atoms with Crippen LogP contribution in [-0.4, -0.2) is 36.8 Å². The Labute approximate surface area is 221 Å². The Balaban J connectivity index is 2.05. The Bertz CT molecular complexity index is 1050. The summed E-state index contributed by atoms with van der Waals surface area (Å²) in [4.78, 5) is 25.6. The van der Waals surface area contributed by atoms with Crippen molar-refractivity contribution in [3.05, 3.63) is 57.0 Å². The van der Waals surface area contributed by atoms with Gasteiger partial charge < -0.3 is 14.8 Å². The Kier molecular flexibility index (Phi) is 11.6. The van der Waals surface area contributed by atoms with Crippen molar-refractivity contribution in [2.24, 2.45) is 11.0 Å². The fraction of sp³-hybridized carbons (Fsp3) is 0.400. The quantitative estimate of drug-likeness (QED) is 0.259. The third-order valence-electron chi connectivity index (χ3n) is 4.72. The van der Waals surface area contributed by atoms with Crippen LogP contribution in [0.25, 0.3) is 0 Å². The molecule has 2 atom stereocenters. The summed E-state index contributed by atoms with van der Waals surface area (Å²) in [5.41, 5.74) is 3.11. The highest BCUT2D eigenvalue weighted by Gasteiger charge is 2.25. The van der Waals surface area contributed by atoms with Crippen LogP contribution < -0.4 is 20.2 Å². The second-order valence-electron chi connectivity index (χ2n) is 8.29. The molecular formula is C25H30Cl3N3O4. The van der Waals surface area contributed by atoms with Crippen LogP contribution >= 0.6 is 34.8 Å². The molecule has 2 aromatic carbocycles. The molecule has 0 aromatic heterocycles. The molecule has 0 saturated heterocycles. The monoisotopic (exact) mass is 541 g/mol. The number of hydrogen-bond donors (Lipinski definition) is 2. The third-order valence-corrected chi connectivity index (χ3v) is 5.48. The van der Waals surface area contributed by atoms with Crippen LogP contribution in [0, 0.1) is 5.92 Å². The summed E-state index contributed by atoms with van der Waals surface area (Å²) in [5, 5.41) is 8.03. The van der Waals surface area contributed by atoms with Gasteiger partial charge in [0.2, 0.25) is 0 Å². The first kappa shape index (κ1) is 28.8. The molecule has 0 unspecified atom stereocenters. The van der Waals surface area contributed by atoms with E-state index in [9.17, 15) is 9.59 Å². The van der Waals surface area contributed by atoms with Gasteiger partial charge in [-0.15, -0.1) is 0 Å². The highest BCUT2D eigenvalue weighted by atomic mass is 35.5. The number of halogens is 3. The SMILES string of the molecule is CCCOc1ccc(Cl)cc1/C=N\NC(=O)[C@H](CC(C)C)NC(=O)[C@H](C)Oc1ccc(Cl)cc1Cl. The summed E-state index contributed by atoms with van der Waals surface area (Å²) >= 11 is 18.1. The average molecular weight is 543 g/mol. The summed E-state index contributed by atoms with van der Waals surface area (Å²) < 4.78 is 11.3. The lowest BCUT2D eigenvalue weighted by atomic mass is 10.0. The van der Waals surface area contributed by atoms with Crippen LogP contribution in [0.1, 0.15) is 46.1 Å². The van der Waals surface area contributed by atoms with Crippen molar-refractivity contribution < 1.29 is 19.1 Å². The first-order valence-corrected chi connectivity index (χ1v) is 12.4. The minimum absolute atomic E-state index is 0.138. The standard InChI is InChI=1S/C25H30Cl3N3O4/c1-5-10-34-22-8-6-18(26)12-17(22)14-29-31-25(33)21(11-15(2)3)30-24(32)16(4)35-23-9-7-19(27)13-20(23)28/h6-9,12-16,21H,5,10-11H2,1-4H3,(H,30,32)(H,31,33)/b29-14-/t16-,21-/m0/s1. The van der Waals surface area contributed by atoms with Crippen molar-refractivity contribution in [1.82, 2.24) is 10.7 Å². The molecule has 2 amide bonds. The zero-order chi connectivity index (χ0) is 26.0. The Morgan fingerprint density at radius 2 is 1.66 bits per heavy atom. The van der Waals surface area contributed by atoms with E-state index in [4.69, 9.17) is 44.3 Å². The maximum absolute atomic E-state index is 12.8. The first-order valence-electron chi connectivity index (χ1n) is 11.3. The van der Waals surface area contributed by atoms with E-state index in [0.29, 0.717) is 40.1 Å². The van der Waals surface area contributed by atoms with Gasteiger partial charge in [0, 0.05) is 15.6 Å². The van der Waals surface area contributed by atoms with Crippen molar-refractivity contribution in [2.75, 3.05) is 6.61 Å². The molecule has 0 aliphatic rings. The van der Waals surface area contributed by atoms with Gasteiger partial charge in [-0.3, -0.25) is 9.59 Å². The summed E-state index contributed by atoms with van der Waals surface area (Å²) in [6.45, 7) is 8.01. The van der Waals surface area contributed by atoms with Gasteiger partial charge in [0.05, 0.1) is 17.8 Å². The van der Waals surface area contributed by atoms with Crippen LogP contribution in [0.2, 0.25) is 15.1 Å². The summed E-state index contributed by atoms with van der Waals surface area (Å²) in [5.74, 6) is 0.131. The van der Waals surface area contributed by atoms with Crippen molar-refractivity contribution in [2.45, 2.75) is 52.7 Å². The number of hydrogen-bond acceptors (Lipinski definition) is 5. The molecule has 0 fully saturated rings. The number of rotatable bonds is 12. The second kappa shape index (κ2) is 14.2.